The van der Waals surface area contributed by atoms with Crippen LogP contribution in [-0.2, 0) is 4.79 Å². The van der Waals surface area contributed by atoms with Crippen molar-refractivity contribution >= 4 is 12.0 Å². The topological polar surface area (TPSA) is 60.9 Å². The van der Waals surface area contributed by atoms with Crippen LogP contribution in [0.5, 0.6) is 0 Å². The van der Waals surface area contributed by atoms with E-state index in [9.17, 15) is 14.7 Å². The zero-order valence-corrected chi connectivity index (χ0v) is 11.9. The number of hydrogen-bond acceptors (Lipinski definition) is 2. The summed E-state index contributed by atoms with van der Waals surface area (Å²) in [6, 6.07) is -0.940. The average molecular weight is 278 g/mol. The van der Waals surface area contributed by atoms with Gasteiger partial charge in [0.15, 0.2) is 0 Å². The van der Waals surface area contributed by atoms with Gasteiger partial charge in [-0.2, -0.15) is 0 Å². The molecule has 0 spiro atoms. The molecule has 0 radical (unpaired) electrons. The molecule has 2 atom stereocenters. The highest BCUT2D eigenvalue weighted by atomic mass is 16.4. The molecule has 1 heterocycles. The number of hydrogen-bond donors (Lipinski definition) is 1. The van der Waals surface area contributed by atoms with Crippen molar-refractivity contribution in [2.24, 2.45) is 11.8 Å². The number of likely N-dealkylation sites (tertiary alicyclic amines) is 1. The summed E-state index contributed by atoms with van der Waals surface area (Å²) in [5.74, 6) is 2.11. The molecule has 0 aromatic carbocycles. The lowest BCUT2D eigenvalue weighted by Crippen LogP contribution is -2.56. The number of nitrogens with zero attached hydrogens (tertiary/aromatic N) is 2. The van der Waals surface area contributed by atoms with E-state index in [1.165, 1.54) is 4.90 Å². The first-order valence-corrected chi connectivity index (χ1v) is 7.26. The summed E-state index contributed by atoms with van der Waals surface area (Å²) in [5, 5.41) is 9.38. The van der Waals surface area contributed by atoms with Crippen molar-refractivity contribution in [2.75, 3.05) is 19.6 Å². The second kappa shape index (κ2) is 6.17. The Morgan fingerprint density at radius 3 is 2.65 bits per heavy atom. The summed E-state index contributed by atoms with van der Waals surface area (Å²) >= 11 is 0. The maximum atomic E-state index is 12.6. The number of carbonyl (C=O) groups is 2. The highest BCUT2D eigenvalue weighted by Crippen LogP contribution is 2.31. The Labute approximate surface area is 119 Å². The molecule has 1 aliphatic carbocycles. The number of aliphatic carboxylic acids is 1. The summed E-state index contributed by atoms with van der Waals surface area (Å²) in [4.78, 5) is 27.2. The van der Waals surface area contributed by atoms with Crippen LogP contribution < -0.4 is 0 Å². The summed E-state index contributed by atoms with van der Waals surface area (Å²) < 4.78 is 0. The van der Waals surface area contributed by atoms with Gasteiger partial charge in [-0.3, -0.25) is 0 Å². The molecule has 1 N–H and O–H groups in total. The minimum absolute atomic E-state index is 0.0150. The number of carbonyl (C=O) groups excluding carboxylic acids is 1. The molecule has 0 aromatic heterocycles. The first-order valence-electron chi connectivity index (χ1n) is 7.26. The maximum absolute atomic E-state index is 12.6. The second-order valence-corrected chi connectivity index (χ2v) is 5.91. The quantitative estimate of drug-likeness (QED) is 0.795. The van der Waals surface area contributed by atoms with Crippen molar-refractivity contribution in [3.8, 4) is 12.3 Å². The number of terminal acetylenes is 1. The van der Waals surface area contributed by atoms with Gasteiger partial charge in [0.1, 0.15) is 6.04 Å². The lowest BCUT2D eigenvalue weighted by molar-refractivity contribution is -0.145. The van der Waals surface area contributed by atoms with Gasteiger partial charge >= 0.3 is 12.0 Å². The fraction of sp³-hybridized carbons (Fsp3) is 0.733. The van der Waals surface area contributed by atoms with Gasteiger partial charge in [0.05, 0.1) is 6.54 Å². The highest BCUT2D eigenvalue weighted by Gasteiger charge is 2.39. The molecule has 2 rings (SSSR count). The minimum Gasteiger partial charge on any atom is -0.480 e. The highest BCUT2D eigenvalue weighted by molar-refractivity contribution is 5.83. The molecule has 0 bridgehead atoms. The van der Waals surface area contributed by atoms with Crippen LogP contribution in [-0.4, -0.2) is 52.6 Å². The van der Waals surface area contributed by atoms with E-state index >= 15 is 0 Å². The molecule has 2 amide bonds. The van der Waals surface area contributed by atoms with Crippen molar-refractivity contribution < 1.29 is 14.7 Å². The molecule has 2 aliphatic rings. The largest absolute Gasteiger partial charge is 0.480 e. The van der Waals surface area contributed by atoms with Crippen LogP contribution in [0.2, 0.25) is 0 Å². The molecule has 5 heteroatoms. The minimum atomic E-state index is -0.919. The summed E-state index contributed by atoms with van der Waals surface area (Å²) in [6.07, 6.45) is 9.30. The lowest BCUT2D eigenvalue weighted by atomic mass is 9.91. The smallest absolute Gasteiger partial charge is 0.326 e. The van der Waals surface area contributed by atoms with E-state index in [0.717, 1.165) is 25.7 Å². The van der Waals surface area contributed by atoms with Gasteiger partial charge in [0, 0.05) is 13.1 Å². The van der Waals surface area contributed by atoms with Crippen LogP contribution in [0.15, 0.2) is 0 Å². The number of rotatable bonds is 4. The summed E-state index contributed by atoms with van der Waals surface area (Å²) in [7, 11) is 0. The Bertz CT molecular complexity index is 425. The van der Waals surface area contributed by atoms with Crippen molar-refractivity contribution in [1.29, 1.82) is 0 Å². The Morgan fingerprint density at radius 1 is 1.40 bits per heavy atom. The van der Waals surface area contributed by atoms with E-state index in [0.29, 0.717) is 19.0 Å². The first-order chi connectivity index (χ1) is 9.54. The van der Waals surface area contributed by atoms with Crippen LogP contribution in [0.25, 0.3) is 0 Å². The van der Waals surface area contributed by atoms with Gasteiger partial charge < -0.3 is 14.9 Å². The van der Waals surface area contributed by atoms with Crippen LogP contribution in [0.4, 0.5) is 4.79 Å². The third-order valence-electron chi connectivity index (χ3n) is 4.16. The standard InChI is InChI=1S/C15H22N2O3/c1-3-8-16(10-12-6-7-12)15(20)17-9-4-5-11(2)13(17)14(18)19/h1,11-13H,4-10H2,2H3,(H,18,19). The van der Waals surface area contributed by atoms with Gasteiger partial charge in [-0.05, 0) is 37.5 Å². The number of urea groups is 1. The van der Waals surface area contributed by atoms with Gasteiger partial charge in [-0.15, -0.1) is 6.42 Å². The summed E-state index contributed by atoms with van der Waals surface area (Å²) in [6.45, 7) is 3.31. The predicted molar refractivity (Wildman–Crippen MR) is 75.1 cm³/mol. The van der Waals surface area contributed by atoms with E-state index in [2.05, 4.69) is 5.92 Å². The molecule has 2 fully saturated rings. The maximum Gasteiger partial charge on any atom is 0.326 e. The van der Waals surface area contributed by atoms with Gasteiger partial charge in [0.25, 0.3) is 0 Å². The first kappa shape index (κ1) is 14.7. The van der Waals surface area contributed by atoms with E-state index < -0.39 is 12.0 Å². The Morgan fingerprint density at radius 2 is 2.10 bits per heavy atom. The van der Waals surface area contributed by atoms with Crippen molar-refractivity contribution in [2.45, 2.75) is 38.6 Å². The van der Waals surface area contributed by atoms with Crippen LogP contribution in [0.3, 0.4) is 0 Å². The Balaban J connectivity index is 2.10. The molecule has 1 aliphatic heterocycles. The molecule has 1 saturated heterocycles. The normalized spacial score (nSPS) is 25.9. The van der Waals surface area contributed by atoms with Crippen molar-refractivity contribution in [3.05, 3.63) is 0 Å². The number of carboxylic acids is 1. The lowest BCUT2D eigenvalue weighted by Gasteiger charge is -2.39. The molecular formula is C15H22N2O3. The van der Waals surface area contributed by atoms with Crippen molar-refractivity contribution in [1.82, 2.24) is 9.80 Å². The Kier molecular flexibility index (Phi) is 4.53. The fourth-order valence-electron chi connectivity index (χ4n) is 2.89. The van der Waals surface area contributed by atoms with Gasteiger partial charge in [0.2, 0.25) is 0 Å². The van der Waals surface area contributed by atoms with Gasteiger partial charge in [-0.1, -0.05) is 12.8 Å². The molecular weight excluding hydrogens is 256 g/mol. The van der Waals surface area contributed by atoms with E-state index in [1.54, 1.807) is 4.90 Å². The summed E-state index contributed by atoms with van der Waals surface area (Å²) in [5.41, 5.74) is 0. The molecule has 110 valence electrons. The second-order valence-electron chi connectivity index (χ2n) is 5.91. The SMILES string of the molecule is C#CCN(CC1CC1)C(=O)N1CCCC(C)C1C(=O)O. The van der Waals surface area contributed by atoms with E-state index in [-0.39, 0.29) is 18.5 Å². The zero-order chi connectivity index (χ0) is 14.7. The van der Waals surface area contributed by atoms with Gasteiger partial charge in [-0.25, -0.2) is 9.59 Å². The van der Waals surface area contributed by atoms with E-state index in [1.807, 2.05) is 6.92 Å². The Hall–Kier alpha value is -1.70. The number of amides is 2. The zero-order valence-electron chi connectivity index (χ0n) is 11.9. The number of carboxylic acid groups (broad SMARTS) is 1. The molecule has 5 nitrogen and oxygen atoms in total. The van der Waals surface area contributed by atoms with Crippen LogP contribution in [0.1, 0.15) is 32.6 Å². The number of piperidine rings is 1. The third kappa shape index (κ3) is 3.24. The predicted octanol–water partition coefficient (Wildman–Crippen LogP) is 1.64. The van der Waals surface area contributed by atoms with Crippen LogP contribution in [0, 0.1) is 24.2 Å². The fourth-order valence-corrected chi connectivity index (χ4v) is 2.89. The molecule has 2 unspecified atom stereocenters. The third-order valence-corrected chi connectivity index (χ3v) is 4.16. The molecule has 0 aromatic rings. The van der Waals surface area contributed by atoms with Crippen molar-refractivity contribution in [3.63, 3.8) is 0 Å². The molecule has 1 saturated carbocycles. The molecule has 20 heavy (non-hydrogen) atoms. The average Bonchev–Trinajstić information content (AvgIpc) is 3.20. The monoisotopic (exact) mass is 278 g/mol. The van der Waals surface area contributed by atoms with Crippen LogP contribution >= 0.6 is 0 Å². The van der Waals surface area contributed by atoms with E-state index in [4.69, 9.17) is 6.42 Å².